The number of hydrogen-bond acceptors (Lipinski definition) is 5. The maximum absolute atomic E-state index is 12.0. The molecule has 2 aliphatic heterocycles. The fraction of sp³-hybridized carbons (Fsp3) is 0.867. The lowest BCUT2D eigenvalue weighted by Crippen LogP contribution is -2.47. The topological polar surface area (TPSA) is 59.1 Å². The Hall–Kier alpha value is -1.30. The van der Waals surface area contributed by atoms with Crippen LogP contribution in [0.1, 0.15) is 40.5 Å². The third-order valence-corrected chi connectivity index (χ3v) is 4.00. The molecule has 2 fully saturated rings. The first-order valence-corrected chi connectivity index (χ1v) is 7.65. The molecule has 6 heteroatoms. The van der Waals surface area contributed by atoms with Crippen molar-refractivity contribution in [2.45, 2.75) is 51.7 Å². The van der Waals surface area contributed by atoms with Gasteiger partial charge in [0.05, 0.1) is 6.54 Å². The summed E-state index contributed by atoms with van der Waals surface area (Å²) in [5.74, 6) is -0.387. The van der Waals surface area contributed by atoms with E-state index in [9.17, 15) is 9.59 Å². The zero-order chi connectivity index (χ0) is 15.7. The largest absolute Gasteiger partial charge is 0.459 e. The van der Waals surface area contributed by atoms with Crippen molar-refractivity contribution in [1.29, 1.82) is 0 Å². The van der Waals surface area contributed by atoms with Gasteiger partial charge in [0.15, 0.2) is 0 Å². The van der Waals surface area contributed by atoms with E-state index < -0.39 is 17.3 Å². The molecule has 0 atom stereocenters. The van der Waals surface area contributed by atoms with Gasteiger partial charge in [0, 0.05) is 25.9 Å². The average Bonchev–Trinajstić information content (AvgIpc) is 2.64. The Kier molecular flexibility index (Phi) is 4.46. The van der Waals surface area contributed by atoms with E-state index in [0.29, 0.717) is 6.54 Å². The number of ether oxygens (including phenoxy) is 2. The normalized spacial score (nSPS) is 22.5. The van der Waals surface area contributed by atoms with Gasteiger partial charge in [0.25, 0.3) is 0 Å². The van der Waals surface area contributed by atoms with Gasteiger partial charge in [-0.15, -0.1) is 0 Å². The molecule has 2 heterocycles. The lowest BCUT2D eigenvalue weighted by molar-refractivity contribution is -0.155. The Labute approximate surface area is 126 Å². The standard InChI is InChI=1S/C15H26N2O4/c1-5-16-8-6-15(7-9-16)11-17(13(19)21-15)10-12(18)20-14(2,3)4/h5-11H2,1-4H3. The number of carbonyl (C=O) groups excluding carboxylic acids is 2. The number of esters is 1. The maximum Gasteiger partial charge on any atom is 0.411 e. The summed E-state index contributed by atoms with van der Waals surface area (Å²) in [6.07, 6.45) is 1.26. The molecule has 0 aliphatic carbocycles. The minimum absolute atomic E-state index is 0.0324. The van der Waals surface area contributed by atoms with Gasteiger partial charge in [0.1, 0.15) is 17.7 Å². The van der Waals surface area contributed by atoms with E-state index >= 15 is 0 Å². The first kappa shape index (κ1) is 16.1. The molecule has 0 bridgehead atoms. The van der Waals surface area contributed by atoms with Crippen LogP contribution in [0, 0.1) is 0 Å². The molecule has 2 saturated heterocycles. The van der Waals surface area contributed by atoms with Crippen LogP contribution >= 0.6 is 0 Å². The third-order valence-electron chi connectivity index (χ3n) is 4.00. The molecule has 0 aromatic carbocycles. The highest BCUT2D eigenvalue weighted by molar-refractivity contribution is 5.79. The second kappa shape index (κ2) is 5.83. The van der Waals surface area contributed by atoms with Crippen molar-refractivity contribution in [1.82, 2.24) is 9.80 Å². The first-order valence-electron chi connectivity index (χ1n) is 7.65. The Morgan fingerprint density at radius 3 is 2.48 bits per heavy atom. The Morgan fingerprint density at radius 2 is 1.95 bits per heavy atom. The van der Waals surface area contributed by atoms with Crippen molar-refractivity contribution in [3.63, 3.8) is 0 Å². The molecule has 0 unspecified atom stereocenters. The first-order chi connectivity index (χ1) is 9.73. The summed E-state index contributed by atoms with van der Waals surface area (Å²) in [5, 5.41) is 0. The Bertz CT molecular complexity index is 408. The summed E-state index contributed by atoms with van der Waals surface area (Å²) in [5.41, 5.74) is -0.949. The molecule has 1 spiro atoms. The molecule has 1 amide bonds. The summed E-state index contributed by atoms with van der Waals surface area (Å²) in [7, 11) is 0. The van der Waals surface area contributed by atoms with Gasteiger partial charge >= 0.3 is 12.1 Å². The number of hydrogen-bond donors (Lipinski definition) is 0. The highest BCUT2D eigenvalue weighted by Crippen LogP contribution is 2.33. The zero-order valence-electron chi connectivity index (χ0n) is 13.5. The third kappa shape index (κ3) is 4.09. The van der Waals surface area contributed by atoms with Crippen molar-refractivity contribution in [3.05, 3.63) is 0 Å². The smallest absolute Gasteiger partial charge is 0.411 e. The van der Waals surface area contributed by atoms with E-state index in [2.05, 4.69) is 11.8 Å². The fourth-order valence-electron chi connectivity index (χ4n) is 2.88. The molecule has 0 saturated carbocycles. The van der Waals surface area contributed by atoms with E-state index in [0.717, 1.165) is 32.5 Å². The van der Waals surface area contributed by atoms with Gasteiger partial charge in [0.2, 0.25) is 0 Å². The van der Waals surface area contributed by atoms with Crippen LogP contribution in [-0.2, 0) is 14.3 Å². The van der Waals surface area contributed by atoms with Crippen molar-refractivity contribution in [2.24, 2.45) is 0 Å². The summed E-state index contributed by atoms with van der Waals surface area (Å²) in [4.78, 5) is 27.6. The van der Waals surface area contributed by atoms with Gasteiger partial charge in [-0.2, -0.15) is 0 Å². The van der Waals surface area contributed by atoms with Crippen molar-refractivity contribution >= 4 is 12.1 Å². The van der Waals surface area contributed by atoms with E-state index in [1.165, 1.54) is 4.90 Å². The number of rotatable bonds is 3. The highest BCUT2D eigenvalue weighted by Gasteiger charge is 2.47. The number of piperidine rings is 1. The minimum Gasteiger partial charge on any atom is -0.459 e. The maximum atomic E-state index is 12.0. The molecular formula is C15H26N2O4. The molecule has 0 radical (unpaired) electrons. The molecule has 0 aromatic rings. The predicted molar refractivity (Wildman–Crippen MR) is 78.0 cm³/mol. The second-order valence-corrected chi connectivity index (χ2v) is 6.93. The van der Waals surface area contributed by atoms with Crippen LogP contribution in [0.25, 0.3) is 0 Å². The quantitative estimate of drug-likeness (QED) is 0.741. The van der Waals surface area contributed by atoms with Gasteiger partial charge in [-0.3, -0.25) is 9.69 Å². The highest BCUT2D eigenvalue weighted by atomic mass is 16.6. The van der Waals surface area contributed by atoms with Crippen LogP contribution in [0.15, 0.2) is 0 Å². The van der Waals surface area contributed by atoms with Gasteiger partial charge < -0.3 is 14.4 Å². The van der Waals surface area contributed by atoms with Crippen LogP contribution < -0.4 is 0 Å². The molecular weight excluding hydrogens is 272 g/mol. The predicted octanol–water partition coefficient (Wildman–Crippen LogP) is 1.63. The zero-order valence-corrected chi connectivity index (χ0v) is 13.5. The monoisotopic (exact) mass is 298 g/mol. The minimum atomic E-state index is -0.537. The van der Waals surface area contributed by atoms with Gasteiger partial charge in [-0.25, -0.2) is 4.79 Å². The molecule has 120 valence electrons. The van der Waals surface area contributed by atoms with Crippen LogP contribution in [0.3, 0.4) is 0 Å². The number of amides is 1. The lowest BCUT2D eigenvalue weighted by atomic mass is 9.91. The van der Waals surface area contributed by atoms with E-state index in [4.69, 9.17) is 9.47 Å². The fourth-order valence-corrected chi connectivity index (χ4v) is 2.88. The van der Waals surface area contributed by atoms with Crippen molar-refractivity contribution in [3.8, 4) is 0 Å². The molecule has 2 aliphatic rings. The van der Waals surface area contributed by atoms with Crippen LogP contribution in [0.5, 0.6) is 0 Å². The number of carbonyl (C=O) groups is 2. The average molecular weight is 298 g/mol. The summed E-state index contributed by atoms with van der Waals surface area (Å²) >= 11 is 0. The van der Waals surface area contributed by atoms with E-state index in [1.54, 1.807) is 0 Å². The van der Waals surface area contributed by atoms with E-state index in [-0.39, 0.29) is 12.5 Å². The number of likely N-dealkylation sites (tertiary alicyclic amines) is 1. The second-order valence-electron chi connectivity index (χ2n) is 6.93. The molecule has 0 N–H and O–H groups in total. The molecule has 6 nitrogen and oxygen atoms in total. The Balaban J connectivity index is 1.90. The summed E-state index contributed by atoms with van der Waals surface area (Å²) < 4.78 is 10.8. The summed E-state index contributed by atoms with van der Waals surface area (Å²) in [6, 6.07) is 0. The molecule has 0 aromatic heterocycles. The van der Waals surface area contributed by atoms with Gasteiger partial charge in [-0.1, -0.05) is 6.92 Å². The van der Waals surface area contributed by atoms with Crippen molar-refractivity contribution < 1.29 is 19.1 Å². The van der Waals surface area contributed by atoms with Crippen LogP contribution in [-0.4, -0.2) is 65.8 Å². The SMILES string of the molecule is CCN1CCC2(CC1)CN(CC(=O)OC(C)(C)C)C(=O)O2. The summed E-state index contributed by atoms with van der Waals surface area (Å²) in [6.45, 7) is 10.9. The molecule has 2 rings (SSSR count). The van der Waals surface area contributed by atoms with Crippen molar-refractivity contribution in [2.75, 3.05) is 32.7 Å². The van der Waals surface area contributed by atoms with Crippen LogP contribution in [0.4, 0.5) is 4.79 Å². The van der Waals surface area contributed by atoms with Gasteiger partial charge in [-0.05, 0) is 27.3 Å². The van der Waals surface area contributed by atoms with E-state index in [1.807, 2.05) is 20.8 Å². The van der Waals surface area contributed by atoms with Crippen LogP contribution in [0.2, 0.25) is 0 Å². The molecule has 21 heavy (non-hydrogen) atoms. The Morgan fingerprint density at radius 1 is 1.33 bits per heavy atom. The lowest BCUT2D eigenvalue weighted by Gasteiger charge is -2.36. The number of nitrogens with zero attached hydrogens (tertiary/aromatic N) is 2.